The Bertz CT molecular complexity index is 1050. The van der Waals surface area contributed by atoms with Crippen LogP contribution in [0.2, 0.25) is 0 Å². The van der Waals surface area contributed by atoms with Gasteiger partial charge in [0.05, 0.1) is 5.56 Å². The molecule has 0 fully saturated rings. The van der Waals surface area contributed by atoms with E-state index in [1.54, 1.807) is 6.26 Å². The lowest BCUT2D eigenvalue weighted by Crippen LogP contribution is -2.21. The average Bonchev–Trinajstić information content (AvgIpc) is 3.01. The molecule has 4 aromatic rings. The van der Waals surface area contributed by atoms with Crippen molar-refractivity contribution in [3.8, 4) is 11.4 Å². The monoisotopic (exact) mass is 268 g/mol. The van der Waals surface area contributed by atoms with Crippen molar-refractivity contribution in [1.29, 1.82) is 0 Å². The number of nitrogens with one attached hydrogen (secondary N) is 3. The van der Waals surface area contributed by atoms with E-state index >= 15 is 0 Å². The first-order valence-corrected chi connectivity index (χ1v) is 5.91. The Kier molecular flexibility index (Phi) is 2.00. The SMILES string of the molecule is O=c1[nH]c(=O)c2[nH]c(-c3coc4ccccc34)nc2[nH]1. The molecule has 4 rings (SSSR count). The number of benzene rings is 1. The van der Waals surface area contributed by atoms with Crippen LogP contribution in [-0.2, 0) is 0 Å². The first-order chi connectivity index (χ1) is 9.72. The van der Waals surface area contributed by atoms with E-state index in [1.807, 2.05) is 24.3 Å². The fraction of sp³-hybridized carbons (Fsp3) is 0. The van der Waals surface area contributed by atoms with Crippen molar-refractivity contribution < 1.29 is 4.42 Å². The number of furan rings is 1. The molecule has 0 spiro atoms. The van der Waals surface area contributed by atoms with Crippen LogP contribution in [0.3, 0.4) is 0 Å². The van der Waals surface area contributed by atoms with E-state index in [0.29, 0.717) is 5.82 Å². The second-order valence-electron chi connectivity index (χ2n) is 4.36. The second kappa shape index (κ2) is 3.70. The lowest BCUT2D eigenvalue weighted by molar-refractivity contribution is 0.616. The van der Waals surface area contributed by atoms with Crippen molar-refractivity contribution in [2.45, 2.75) is 0 Å². The van der Waals surface area contributed by atoms with Gasteiger partial charge < -0.3 is 9.40 Å². The number of aromatic nitrogens is 4. The largest absolute Gasteiger partial charge is 0.464 e. The molecule has 7 heteroatoms. The molecule has 0 saturated heterocycles. The highest BCUT2D eigenvalue weighted by Gasteiger charge is 2.13. The van der Waals surface area contributed by atoms with Crippen LogP contribution in [0.25, 0.3) is 33.5 Å². The number of hydrogen-bond acceptors (Lipinski definition) is 4. The van der Waals surface area contributed by atoms with Gasteiger partial charge in [-0.3, -0.25) is 14.8 Å². The maximum atomic E-state index is 11.7. The number of rotatable bonds is 1. The Morgan fingerprint density at radius 3 is 2.80 bits per heavy atom. The molecule has 0 unspecified atom stereocenters. The van der Waals surface area contributed by atoms with Gasteiger partial charge in [-0.25, -0.2) is 9.78 Å². The summed E-state index contributed by atoms with van der Waals surface area (Å²) in [6.45, 7) is 0. The molecule has 0 aliphatic rings. The van der Waals surface area contributed by atoms with Crippen molar-refractivity contribution in [2.24, 2.45) is 0 Å². The van der Waals surface area contributed by atoms with Crippen LogP contribution in [0.1, 0.15) is 0 Å². The van der Waals surface area contributed by atoms with Gasteiger partial charge in [0.25, 0.3) is 5.56 Å². The van der Waals surface area contributed by atoms with E-state index in [-0.39, 0.29) is 11.2 Å². The Hall–Kier alpha value is -3.09. The summed E-state index contributed by atoms with van der Waals surface area (Å²) in [5, 5.41) is 0.880. The Morgan fingerprint density at radius 1 is 1.05 bits per heavy atom. The summed E-state index contributed by atoms with van der Waals surface area (Å²) in [7, 11) is 0. The van der Waals surface area contributed by atoms with Crippen molar-refractivity contribution in [1.82, 2.24) is 19.9 Å². The third-order valence-electron chi connectivity index (χ3n) is 3.13. The molecular formula is C13H8N4O3. The number of H-pyrrole nitrogens is 3. The van der Waals surface area contributed by atoms with E-state index in [4.69, 9.17) is 4.42 Å². The molecule has 3 aromatic heterocycles. The summed E-state index contributed by atoms with van der Waals surface area (Å²) in [5.41, 5.74) is 0.819. The summed E-state index contributed by atoms with van der Waals surface area (Å²) >= 11 is 0. The van der Waals surface area contributed by atoms with Crippen LogP contribution in [-0.4, -0.2) is 19.9 Å². The molecule has 1 aromatic carbocycles. The molecule has 3 N–H and O–H groups in total. The van der Waals surface area contributed by atoms with E-state index < -0.39 is 11.2 Å². The second-order valence-corrected chi connectivity index (χ2v) is 4.36. The topological polar surface area (TPSA) is 108 Å². The molecule has 0 aliphatic heterocycles. The Labute approximate surface area is 110 Å². The van der Waals surface area contributed by atoms with Gasteiger partial charge >= 0.3 is 5.69 Å². The van der Waals surface area contributed by atoms with Gasteiger partial charge in [-0.1, -0.05) is 18.2 Å². The molecular weight excluding hydrogens is 260 g/mol. The predicted molar refractivity (Wildman–Crippen MR) is 72.5 cm³/mol. The first kappa shape index (κ1) is 10.8. The van der Waals surface area contributed by atoms with Crippen LogP contribution >= 0.6 is 0 Å². The maximum absolute atomic E-state index is 11.7. The van der Waals surface area contributed by atoms with E-state index in [1.165, 1.54) is 0 Å². The summed E-state index contributed by atoms with van der Waals surface area (Å²) < 4.78 is 5.44. The first-order valence-electron chi connectivity index (χ1n) is 5.91. The number of fused-ring (bicyclic) bond motifs is 2. The minimum Gasteiger partial charge on any atom is -0.464 e. The van der Waals surface area contributed by atoms with Gasteiger partial charge in [-0.15, -0.1) is 0 Å². The fourth-order valence-electron chi connectivity index (χ4n) is 2.22. The van der Waals surface area contributed by atoms with Gasteiger partial charge in [0.15, 0.2) is 5.65 Å². The van der Waals surface area contributed by atoms with Gasteiger partial charge in [0.1, 0.15) is 23.2 Å². The molecule has 0 bridgehead atoms. The summed E-state index contributed by atoms with van der Waals surface area (Å²) in [5.74, 6) is 0.470. The molecule has 0 saturated carbocycles. The number of imidazole rings is 1. The van der Waals surface area contributed by atoms with Gasteiger partial charge in [0, 0.05) is 5.39 Å². The van der Waals surface area contributed by atoms with Crippen molar-refractivity contribution in [2.75, 3.05) is 0 Å². The maximum Gasteiger partial charge on any atom is 0.327 e. The number of para-hydroxylation sites is 1. The van der Waals surface area contributed by atoms with E-state index in [9.17, 15) is 9.59 Å². The van der Waals surface area contributed by atoms with E-state index in [2.05, 4.69) is 19.9 Å². The zero-order chi connectivity index (χ0) is 13.7. The van der Waals surface area contributed by atoms with Crippen molar-refractivity contribution >= 4 is 22.1 Å². The summed E-state index contributed by atoms with van der Waals surface area (Å²) in [6, 6.07) is 7.50. The standard InChI is InChI=1S/C13H8N4O3/c18-12-9-11(16-13(19)17-12)15-10(14-9)7-5-20-8-4-2-1-3-6(7)8/h1-5H,(H3,14,15,16,17,18,19). The van der Waals surface area contributed by atoms with Crippen molar-refractivity contribution in [3.05, 3.63) is 51.4 Å². The highest BCUT2D eigenvalue weighted by Crippen LogP contribution is 2.28. The van der Waals surface area contributed by atoms with Crippen LogP contribution in [0, 0.1) is 0 Å². The molecule has 7 nitrogen and oxygen atoms in total. The Morgan fingerprint density at radius 2 is 1.90 bits per heavy atom. The third kappa shape index (κ3) is 1.43. The van der Waals surface area contributed by atoms with Gasteiger partial charge in [-0.05, 0) is 6.07 Å². The highest BCUT2D eigenvalue weighted by molar-refractivity contribution is 5.93. The molecule has 20 heavy (non-hydrogen) atoms. The number of nitrogens with zero attached hydrogens (tertiary/aromatic N) is 1. The molecule has 3 heterocycles. The zero-order valence-corrected chi connectivity index (χ0v) is 10.1. The molecule has 0 aliphatic carbocycles. The van der Waals surface area contributed by atoms with Crippen LogP contribution in [0.5, 0.6) is 0 Å². The minimum absolute atomic E-state index is 0.221. The lowest BCUT2D eigenvalue weighted by atomic mass is 10.2. The van der Waals surface area contributed by atoms with Gasteiger partial charge in [0.2, 0.25) is 0 Å². The quantitative estimate of drug-likeness (QED) is 0.484. The third-order valence-corrected chi connectivity index (χ3v) is 3.13. The molecule has 0 amide bonds. The zero-order valence-electron chi connectivity index (χ0n) is 10.1. The van der Waals surface area contributed by atoms with Crippen molar-refractivity contribution in [3.63, 3.8) is 0 Å². The minimum atomic E-state index is -0.586. The summed E-state index contributed by atoms with van der Waals surface area (Å²) in [4.78, 5) is 34.7. The lowest BCUT2D eigenvalue weighted by Gasteiger charge is -1.91. The highest BCUT2D eigenvalue weighted by atomic mass is 16.3. The normalized spacial score (nSPS) is 11.4. The van der Waals surface area contributed by atoms with E-state index in [0.717, 1.165) is 16.5 Å². The predicted octanol–water partition coefficient (Wildman–Crippen LogP) is 1.35. The summed E-state index contributed by atoms with van der Waals surface area (Å²) in [6.07, 6.45) is 1.56. The van der Waals surface area contributed by atoms with Crippen LogP contribution in [0.4, 0.5) is 0 Å². The molecule has 98 valence electrons. The van der Waals surface area contributed by atoms with Gasteiger partial charge in [-0.2, -0.15) is 0 Å². The number of aromatic amines is 3. The Balaban J connectivity index is 2.05. The molecule has 0 atom stereocenters. The number of hydrogen-bond donors (Lipinski definition) is 3. The average molecular weight is 268 g/mol. The van der Waals surface area contributed by atoms with Crippen LogP contribution in [0.15, 0.2) is 44.5 Å². The fourth-order valence-corrected chi connectivity index (χ4v) is 2.22. The molecule has 0 radical (unpaired) electrons. The van der Waals surface area contributed by atoms with Crippen LogP contribution < -0.4 is 11.2 Å². The smallest absolute Gasteiger partial charge is 0.327 e.